The number of hydrazone groups is 1. The Morgan fingerprint density at radius 3 is 2.25 bits per heavy atom. The van der Waals surface area contributed by atoms with Gasteiger partial charge < -0.3 is 5.11 Å². The Hall–Kier alpha value is -3.49. The predicted molar refractivity (Wildman–Crippen MR) is 88.5 cm³/mol. The molecule has 0 fully saturated rings. The van der Waals surface area contributed by atoms with E-state index in [-0.39, 0.29) is 17.1 Å². The molecule has 0 amide bonds. The maximum Gasteiger partial charge on any atom is 0.301 e. The van der Waals surface area contributed by atoms with Crippen LogP contribution in [-0.4, -0.2) is 21.2 Å². The van der Waals surface area contributed by atoms with Crippen LogP contribution in [0.5, 0.6) is 5.75 Å². The van der Waals surface area contributed by atoms with Gasteiger partial charge in [0.15, 0.2) is 0 Å². The Bertz CT molecular complexity index is 825. The SMILES string of the molecule is Cc1cc(/C=N/Nc2ccc([N+](=O)[O-])cc2[N+](=O)[O-])cc(C)c1O. The van der Waals surface area contributed by atoms with Gasteiger partial charge in [-0.2, -0.15) is 5.10 Å². The van der Waals surface area contributed by atoms with Gasteiger partial charge in [0.05, 0.1) is 22.1 Å². The molecule has 0 atom stereocenters. The van der Waals surface area contributed by atoms with Crippen LogP contribution in [0.2, 0.25) is 0 Å². The van der Waals surface area contributed by atoms with E-state index in [1.807, 2.05) is 0 Å². The molecule has 0 saturated carbocycles. The summed E-state index contributed by atoms with van der Waals surface area (Å²) in [6, 6.07) is 6.66. The van der Waals surface area contributed by atoms with Crippen LogP contribution in [0.15, 0.2) is 35.4 Å². The minimum Gasteiger partial charge on any atom is -0.507 e. The maximum absolute atomic E-state index is 11.0. The highest BCUT2D eigenvalue weighted by Gasteiger charge is 2.19. The molecule has 9 heteroatoms. The van der Waals surface area contributed by atoms with E-state index in [1.54, 1.807) is 26.0 Å². The maximum atomic E-state index is 11.0. The van der Waals surface area contributed by atoms with E-state index < -0.39 is 15.5 Å². The molecule has 0 radical (unpaired) electrons. The quantitative estimate of drug-likeness (QED) is 0.491. The lowest BCUT2D eigenvalue weighted by atomic mass is 10.1. The van der Waals surface area contributed by atoms with Crippen molar-refractivity contribution in [2.75, 3.05) is 5.43 Å². The third-order valence-electron chi connectivity index (χ3n) is 3.30. The second kappa shape index (κ2) is 6.73. The third-order valence-corrected chi connectivity index (χ3v) is 3.30. The fraction of sp³-hybridized carbons (Fsp3) is 0.133. The molecule has 0 heterocycles. The van der Waals surface area contributed by atoms with E-state index in [0.717, 1.165) is 12.1 Å². The molecule has 0 unspecified atom stereocenters. The van der Waals surface area contributed by atoms with Crippen molar-refractivity contribution in [3.63, 3.8) is 0 Å². The number of hydrogen-bond acceptors (Lipinski definition) is 7. The molecule has 9 nitrogen and oxygen atoms in total. The van der Waals surface area contributed by atoms with Crippen LogP contribution in [-0.2, 0) is 0 Å². The van der Waals surface area contributed by atoms with Crippen LogP contribution in [0.3, 0.4) is 0 Å². The number of nitrogens with one attached hydrogen (secondary N) is 1. The number of aryl methyl sites for hydroxylation is 2. The number of benzene rings is 2. The van der Waals surface area contributed by atoms with Crippen molar-refractivity contribution in [1.82, 2.24) is 0 Å². The van der Waals surface area contributed by atoms with Gasteiger partial charge in [-0.05, 0) is 48.7 Å². The van der Waals surface area contributed by atoms with Gasteiger partial charge in [-0.1, -0.05) is 0 Å². The average molecular weight is 330 g/mol. The summed E-state index contributed by atoms with van der Waals surface area (Å²) in [4.78, 5) is 20.3. The summed E-state index contributed by atoms with van der Waals surface area (Å²) < 4.78 is 0. The molecule has 2 N–H and O–H groups in total. The van der Waals surface area contributed by atoms with Crippen LogP contribution in [0.1, 0.15) is 16.7 Å². The molecule has 0 bridgehead atoms. The van der Waals surface area contributed by atoms with Gasteiger partial charge >= 0.3 is 5.69 Å². The van der Waals surface area contributed by atoms with Crippen LogP contribution in [0.25, 0.3) is 0 Å². The minimum absolute atomic E-state index is 0.0362. The van der Waals surface area contributed by atoms with Crippen molar-refractivity contribution < 1.29 is 15.0 Å². The van der Waals surface area contributed by atoms with E-state index in [4.69, 9.17) is 0 Å². The first-order valence-corrected chi connectivity index (χ1v) is 6.81. The first kappa shape index (κ1) is 16.9. The number of anilines is 1. The average Bonchev–Trinajstić information content (AvgIpc) is 2.52. The largest absolute Gasteiger partial charge is 0.507 e. The van der Waals surface area contributed by atoms with Crippen molar-refractivity contribution in [1.29, 1.82) is 0 Å². The molecular weight excluding hydrogens is 316 g/mol. The number of non-ortho nitro benzene ring substituents is 1. The number of nitro benzene ring substituents is 2. The summed E-state index contributed by atoms with van der Waals surface area (Å²) in [7, 11) is 0. The summed E-state index contributed by atoms with van der Waals surface area (Å²) in [5, 5.41) is 35.3. The van der Waals surface area contributed by atoms with E-state index in [0.29, 0.717) is 16.7 Å². The van der Waals surface area contributed by atoms with Gasteiger partial charge in [0, 0.05) is 6.07 Å². The molecule has 0 aliphatic heterocycles. The zero-order valence-electron chi connectivity index (χ0n) is 12.9. The van der Waals surface area contributed by atoms with E-state index in [1.165, 1.54) is 12.3 Å². The zero-order chi connectivity index (χ0) is 17.9. The summed E-state index contributed by atoms with van der Waals surface area (Å²) in [5.74, 6) is 0.200. The number of nitro groups is 2. The van der Waals surface area contributed by atoms with Crippen LogP contribution < -0.4 is 5.43 Å². The Labute approximate surface area is 136 Å². The van der Waals surface area contributed by atoms with Crippen molar-refractivity contribution in [2.24, 2.45) is 5.10 Å². The fourth-order valence-corrected chi connectivity index (χ4v) is 2.12. The Morgan fingerprint density at radius 1 is 1.08 bits per heavy atom. The molecule has 0 spiro atoms. The van der Waals surface area contributed by atoms with Crippen molar-refractivity contribution >= 4 is 23.3 Å². The highest BCUT2D eigenvalue weighted by molar-refractivity contribution is 5.82. The van der Waals surface area contributed by atoms with Crippen molar-refractivity contribution in [2.45, 2.75) is 13.8 Å². The standard InChI is InChI=1S/C15H14N4O5/c1-9-5-11(6-10(2)15(9)20)8-16-17-13-4-3-12(18(21)22)7-14(13)19(23)24/h3-8,17,20H,1-2H3/b16-8+. The van der Waals surface area contributed by atoms with Gasteiger partial charge in [-0.15, -0.1) is 0 Å². The Balaban J connectivity index is 2.25. The Kier molecular flexibility index (Phi) is 4.73. The second-order valence-electron chi connectivity index (χ2n) is 5.09. The number of rotatable bonds is 5. The number of phenols is 1. The number of nitrogens with zero attached hydrogens (tertiary/aromatic N) is 3. The number of aromatic hydroxyl groups is 1. The first-order valence-electron chi connectivity index (χ1n) is 6.81. The summed E-state index contributed by atoms with van der Waals surface area (Å²) in [5.41, 5.74) is 3.77. The number of phenolic OH excluding ortho intramolecular Hbond substituents is 1. The van der Waals surface area contributed by atoms with Gasteiger partial charge in [0.25, 0.3) is 5.69 Å². The van der Waals surface area contributed by atoms with Crippen LogP contribution >= 0.6 is 0 Å². The fourth-order valence-electron chi connectivity index (χ4n) is 2.12. The molecule has 2 rings (SSSR count). The molecule has 2 aromatic rings. The minimum atomic E-state index is -0.723. The van der Waals surface area contributed by atoms with Crippen molar-refractivity contribution in [3.8, 4) is 5.75 Å². The summed E-state index contributed by atoms with van der Waals surface area (Å²) in [6.07, 6.45) is 1.44. The molecule has 0 aliphatic rings. The van der Waals surface area contributed by atoms with E-state index >= 15 is 0 Å². The lowest BCUT2D eigenvalue weighted by Gasteiger charge is -2.05. The first-order chi connectivity index (χ1) is 11.3. The monoisotopic (exact) mass is 330 g/mol. The van der Waals surface area contributed by atoms with Gasteiger partial charge in [-0.25, -0.2) is 0 Å². The lowest BCUT2D eigenvalue weighted by molar-refractivity contribution is -0.393. The third kappa shape index (κ3) is 3.64. The lowest BCUT2D eigenvalue weighted by Crippen LogP contribution is -1.99. The summed E-state index contributed by atoms with van der Waals surface area (Å²) in [6.45, 7) is 3.49. The smallest absolute Gasteiger partial charge is 0.301 e. The summed E-state index contributed by atoms with van der Waals surface area (Å²) >= 11 is 0. The van der Waals surface area contributed by atoms with E-state index in [9.17, 15) is 25.3 Å². The second-order valence-corrected chi connectivity index (χ2v) is 5.09. The molecule has 0 saturated heterocycles. The van der Waals surface area contributed by atoms with Gasteiger partial charge in [-0.3, -0.25) is 25.7 Å². The topological polar surface area (TPSA) is 131 Å². The van der Waals surface area contributed by atoms with Crippen molar-refractivity contribution in [3.05, 3.63) is 67.3 Å². The molecule has 124 valence electrons. The Morgan fingerprint density at radius 2 is 1.71 bits per heavy atom. The molecule has 24 heavy (non-hydrogen) atoms. The highest BCUT2D eigenvalue weighted by atomic mass is 16.6. The molecule has 0 aromatic heterocycles. The number of hydrogen-bond donors (Lipinski definition) is 2. The normalized spacial score (nSPS) is 10.8. The zero-order valence-corrected chi connectivity index (χ0v) is 12.9. The van der Waals surface area contributed by atoms with Crippen LogP contribution in [0, 0.1) is 34.1 Å². The van der Waals surface area contributed by atoms with Gasteiger partial charge in [0.2, 0.25) is 0 Å². The van der Waals surface area contributed by atoms with Gasteiger partial charge in [0.1, 0.15) is 11.4 Å². The molecule has 0 aliphatic carbocycles. The molecule has 2 aromatic carbocycles. The molecular formula is C15H14N4O5. The van der Waals surface area contributed by atoms with E-state index in [2.05, 4.69) is 10.5 Å². The van der Waals surface area contributed by atoms with Crippen LogP contribution in [0.4, 0.5) is 17.1 Å². The predicted octanol–water partition coefficient (Wildman–Crippen LogP) is 3.27. The highest BCUT2D eigenvalue weighted by Crippen LogP contribution is 2.29.